The third-order valence-corrected chi connectivity index (χ3v) is 3.68. The van der Waals surface area contributed by atoms with E-state index in [1.807, 2.05) is 0 Å². The van der Waals surface area contributed by atoms with Crippen molar-refractivity contribution in [3.63, 3.8) is 0 Å². The molecule has 0 aliphatic heterocycles. The molecule has 2 N–H and O–H groups in total. The predicted molar refractivity (Wildman–Crippen MR) is 97.0 cm³/mol. The molecule has 0 unspecified atom stereocenters. The molecule has 1 aliphatic rings. The zero-order valence-corrected chi connectivity index (χ0v) is 15.9. The van der Waals surface area contributed by atoms with Gasteiger partial charge in [-0.3, -0.25) is 0 Å². The summed E-state index contributed by atoms with van der Waals surface area (Å²) in [5.41, 5.74) is 0.612. The lowest BCUT2D eigenvalue weighted by atomic mass is 10.1. The van der Waals surface area contributed by atoms with Gasteiger partial charge in [0.1, 0.15) is 0 Å². The molecule has 0 saturated heterocycles. The van der Waals surface area contributed by atoms with Crippen LogP contribution in [-0.4, -0.2) is 23.7 Å². The largest absolute Gasteiger partial charge is 0.312 e. The molecule has 0 amide bonds. The molecule has 2 heteroatoms. The van der Waals surface area contributed by atoms with Crippen molar-refractivity contribution in [2.24, 2.45) is 0 Å². The van der Waals surface area contributed by atoms with Gasteiger partial charge in [0.15, 0.2) is 0 Å². The molecule has 2 nitrogen and oxygen atoms in total. The van der Waals surface area contributed by atoms with Crippen LogP contribution in [0, 0.1) is 0 Å². The standard InChI is InChI=1S/C10H23N.C9H19N/c1-5-6-7-8-9-11-10(2,3)4;1-9(2,3)10-8-6-4-5-7-8/h11H,5-9H2,1-4H3;8,10H,4-7H2,1-3H3. The zero-order valence-electron chi connectivity index (χ0n) is 15.9. The molecule has 21 heavy (non-hydrogen) atoms. The minimum atomic E-state index is 0.298. The van der Waals surface area contributed by atoms with Crippen LogP contribution in [0.4, 0.5) is 0 Å². The van der Waals surface area contributed by atoms with Gasteiger partial charge in [0.25, 0.3) is 0 Å². The Morgan fingerprint density at radius 1 is 0.810 bits per heavy atom. The van der Waals surface area contributed by atoms with E-state index >= 15 is 0 Å². The third kappa shape index (κ3) is 16.1. The summed E-state index contributed by atoms with van der Waals surface area (Å²) >= 11 is 0. The Hall–Kier alpha value is -0.0800. The highest BCUT2D eigenvalue weighted by molar-refractivity contribution is 4.81. The predicted octanol–water partition coefficient (Wildman–Crippen LogP) is 5.27. The molecular formula is C19H42N2. The molecule has 0 heterocycles. The van der Waals surface area contributed by atoms with Crippen LogP contribution in [0.1, 0.15) is 99.8 Å². The topological polar surface area (TPSA) is 24.1 Å². The number of hydrogen-bond acceptors (Lipinski definition) is 2. The fraction of sp³-hybridized carbons (Fsp3) is 1.00. The van der Waals surface area contributed by atoms with Crippen LogP contribution in [0.25, 0.3) is 0 Å². The quantitative estimate of drug-likeness (QED) is 0.653. The van der Waals surface area contributed by atoms with E-state index in [1.165, 1.54) is 57.9 Å². The van der Waals surface area contributed by atoms with Gasteiger partial charge >= 0.3 is 0 Å². The highest BCUT2D eigenvalue weighted by Crippen LogP contribution is 2.19. The molecule has 1 aliphatic carbocycles. The average molecular weight is 299 g/mol. The highest BCUT2D eigenvalue weighted by atomic mass is 15.0. The van der Waals surface area contributed by atoms with Crippen LogP contribution in [0.15, 0.2) is 0 Å². The Bertz CT molecular complexity index is 229. The maximum Gasteiger partial charge on any atom is 0.00990 e. The van der Waals surface area contributed by atoms with Crippen LogP contribution in [0.2, 0.25) is 0 Å². The monoisotopic (exact) mass is 298 g/mol. The second-order valence-electron chi connectivity index (χ2n) is 8.61. The van der Waals surface area contributed by atoms with Crippen LogP contribution < -0.4 is 10.6 Å². The van der Waals surface area contributed by atoms with Gasteiger partial charge in [0.2, 0.25) is 0 Å². The van der Waals surface area contributed by atoms with Crippen LogP contribution in [0.5, 0.6) is 0 Å². The molecule has 0 aromatic carbocycles. The normalized spacial score (nSPS) is 16.7. The first kappa shape index (κ1) is 20.9. The van der Waals surface area contributed by atoms with Crippen molar-refractivity contribution in [2.75, 3.05) is 6.54 Å². The van der Waals surface area contributed by atoms with Gasteiger partial charge in [-0.2, -0.15) is 0 Å². The minimum absolute atomic E-state index is 0.298. The first-order valence-electron chi connectivity index (χ1n) is 9.17. The van der Waals surface area contributed by atoms with E-state index in [0.717, 1.165) is 6.04 Å². The Morgan fingerprint density at radius 2 is 1.38 bits per heavy atom. The Morgan fingerprint density at radius 3 is 1.81 bits per heavy atom. The van der Waals surface area contributed by atoms with Crippen molar-refractivity contribution in [1.29, 1.82) is 0 Å². The molecule has 1 saturated carbocycles. The van der Waals surface area contributed by atoms with E-state index in [4.69, 9.17) is 0 Å². The summed E-state index contributed by atoms with van der Waals surface area (Å²) in [6.07, 6.45) is 11.0. The zero-order chi connectivity index (χ0) is 16.4. The molecule has 1 fully saturated rings. The lowest BCUT2D eigenvalue weighted by Crippen LogP contribution is -2.42. The summed E-state index contributed by atoms with van der Waals surface area (Å²) < 4.78 is 0. The van der Waals surface area contributed by atoms with E-state index < -0.39 is 0 Å². The number of rotatable bonds is 6. The Labute approximate surface area is 134 Å². The van der Waals surface area contributed by atoms with Gasteiger partial charge in [-0.15, -0.1) is 0 Å². The molecule has 0 spiro atoms. The minimum Gasteiger partial charge on any atom is -0.312 e. The molecule has 0 aromatic rings. The van der Waals surface area contributed by atoms with Gasteiger partial charge in [-0.25, -0.2) is 0 Å². The lowest BCUT2D eigenvalue weighted by Gasteiger charge is -2.25. The first-order chi connectivity index (χ1) is 9.64. The fourth-order valence-corrected chi connectivity index (χ4v) is 2.70. The van der Waals surface area contributed by atoms with Crippen molar-refractivity contribution < 1.29 is 0 Å². The van der Waals surface area contributed by atoms with Crippen LogP contribution >= 0.6 is 0 Å². The van der Waals surface area contributed by atoms with Gasteiger partial charge in [-0.05, 0) is 67.3 Å². The highest BCUT2D eigenvalue weighted by Gasteiger charge is 2.19. The summed E-state index contributed by atoms with van der Waals surface area (Å²) in [6, 6.07) is 0.806. The van der Waals surface area contributed by atoms with Gasteiger partial charge in [0.05, 0.1) is 0 Å². The third-order valence-electron chi connectivity index (χ3n) is 3.68. The van der Waals surface area contributed by atoms with E-state index in [1.54, 1.807) is 0 Å². The van der Waals surface area contributed by atoms with Crippen LogP contribution in [0.3, 0.4) is 0 Å². The molecular weight excluding hydrogens is 256 g/mol. The number of unbranched alkanes of at least 4 members (excludes halogenated alkanes) is 3. The van der Waals surface area contributed by atoms with Crippen molar-refractivity contribution in [3.8, 4) is 0 Å². The van der Waals surface area contributed by atoms with Gasteiger partial charge in [0, 0.05) is 17.1 Å². The van der Waals surface area contributed by atoms with E-state index in [9.17, 15) is 0 Å². The van der Waals surface area contributed by atoms with Crippen molar-refractivity contribution in [3.05, 3.63) is 0 Å². The number of hydrogen-bond donors (Lipinski definition) is 2. The molecule has 128 valence electrons. The molecule has 0 radical (unpaired) electrons. The summed E-state index contributed by atoms with van der Waals surface area (Å²) in [7, 11) is 0. The molecule has 0 bridgehead atoms. The summed E-state index contributed by atoms with van der Waals surface area (Å²) in [4.78, 5) is 0. The summed E-state index contributed by atoms with van der Waals surface area (Å²) in [5, 5.41) is 7.10. The average Bonchev–Trinajstić information content (AvgIpc) is 2.78. The van der Waals surface area contributed by atoms with Crippen molar-refractivity contribution in [1.82, 2.24) is 10.6 Å². The first-order valence-corrected chi connectivity index (χ1v) is 9.17. The summed E-state index contributed by atoms with van der Waals surface area (Å²) in [5.74, 6) is 0. The maximum absolute atomic E-state index is 3.62. The van der Waals surface area contributed by atoms with Gasteiger partial charge < -0.3 is 10.6 Å². The maximum atomic E-state index is 3.62. The second kappa shape index (κ2) is 10.6. The summed E-state index contributed by atoms with van der Waals surface area (Å²) in [6.45, 7) is 16.8. The van der Waals surface area contributed by atoms with Crippen LogP contribution in [-0.2, 0) is 0 Å². The van der Waals surface area contributed by atoms with E-state index in [0.29, 0.717) is 11.1 Å². The molecule has 0 aromatic heterocycles. The Kier molecular flexibility index (Phi) is 10.6. The van der Waals surface area contributed by atoms with Crippen molar-refractivity contribution >= 4 is 0 Å². The second-order valence-corrected chi connectivity index (χ2v) is 8.61. The smallest absolute Gasteiger partial charge is 0.00990 e. The lowest BCUT2D eigenvalue weighted by molar-refractivity contribution is 0.361. The van der Waals surface area contributed by atoms with Gasteiger partial charge in [-0.1, -0.05) is 39.0 Å². The van der Waals surface area contributed by atoms with E-state index in [2.05, 4.69) is 59.1 Å². The molecule has 1 rings (SSSR count). The number of nitrogens with one attached hydrogen (secondary N) is 2. The van der Waals surface area contributed by atoms with E-state index in [-0.39, 0.29) is 0 Å². The SMILES string of the molecule is CC(C)(C)NC1CCCC1.CCCCCCNC(C)(C)C. The molecule has 0 atom stereocenters. The Balaban J connectivity index is 0.000000382. The van der Waals surface area contributed by atoms with Crippen molar-refractivity contribution in [2.45, 2.75) is 117 Å². The fourth-order valence-electron chi connectivity index (χ4n) is 2.70.